The van der Waals surface area contributed by atoms with Crippen LogP contribution in [-0.2, 0) is 4.74 Å². The second-order valence-electron chi connectivity index (χ2n) is 6.00. The minimum atomic E-state index is 0.231. The van der Waals surface area contributed by atoms with Crippen molar-refractivity contribution in [3.05, 3.63) is 29.2 Å². The number of aromatic nitrogens is 3. The van der Waals surface area contributed by atoms with Crippen LogP contribution in [0.2, 0.25) is 0 Å². The molecule has 5 heteroatoms. The van der Waals surface area contributed by atoms with Gasteiger partial charge in [0, 0.05) is 42.7 Å². The zero-order valence-electron chi connectivity index (χ0n) is 13.7. The molecule has 0 saturated carbocycles. The molecular formula is C16H26N4O. The quantitative estimate of drug-likeness (QED) is 0.797. The molecule has 1 unspecified atom stereocenters. The van der Waals surface area contributed by atoms with Crippen LogP contribution >= 0.6 is 0 Å². The van der Waals surface area contributed by atoms with E-state index in [0.717, 1.165) is 36.8 Å². The van der Waals surface area contributed by atoms with Gasteiger partial charge in [-0.15, -0.1) is 0 Å². The molecule has 0 radical (unpaired) electrons. The van der Waals surface area contributed by atoms with Crippen LogP contribution in [0.5, 0.6) is 0 Å². The number of hydrogen-bond acceptors (Lipinski definition) is 4. The second kappa shape index (κ2) is 7.00. The van der Waals surface area contributed by atoms with E-state index < -0.39 is 0 Å². The zero-order chi connectivity index (χ0) is 15.4. The Morgan fingerprint density at radius 2 is 2.05 bits per heavy atom. The van der Waals surface area contributed by atoms with E-state index in [4.69, 9.17) is 4.74 Å². The highest BCUT2D eigenvalue weighted by molar-refractivity contribution is 5.42. The fraction of sp³-hybridized carbons (Fsp3) is 0.625. The minimum Gasteiger partial charge on any atom is -0.380 e. The molecule has 0 aliphatic carbocycles. The summed E-state index contributed by atoms with van der Waals surface area (Å²) in [5.74, 6) is 0.583. The Kier molecular flexibility index (Phi) is 5.31. The van der Waals surface area contributed by atoms with Gasteiger partial charge >= 0.3 is 0 Å². The van der Waals surface area contributed by atoms with Gasteiger partial charge in [-0.1, -0.05) is 13.8 Å². The van der Waals surface area contributed by atoms with Gasteiger partial charge in [-0.25, -0.2) is 9.50 Å². The number of nitrogens with one attached hydrogen (secondary N) is 1. The molecule has 1 atom stereocenters. The van der Waals surface area contributed by atoms with E-state index in [1.165, 1.54) is 5.56 Å². The van der Waals surface area contributed by atoms with Crippen molar-refractivity contribution < 1.29 is 4.74 Å². The van der Waals surface area contributed by atoms with Gasteiger partial charge in [0.05, 0.1) is 12.3 Å². The largest absolute Gasteiger partial charge is 0.380 e. The van der Waals surface area contributed by atoms with Crippen molar-refractivity contribution in [2.45, 2.75) is 40.7 Å². The highest BCUT2D eigenvalue weighted by Crippen LogP contribution is 2.17. The predicted molar refractivity (Wildman–Crippen MR) is 84.5 cm³/mol. The van der Waals surface area contributed by atoms with Crippen LogP contribution in [-0.4, -0.2) is 34.4 Å². The smallest absolute Gasteiger partial charge is 0.155 e. The van der Waals surface area contributed by atoms with Crippen molar-refractivity contribution in [1.29, 1.82) is 0 Å². The molecule has 1 N–H and O–H groups in total. The molecule has 2 aromatic rings. The topological polar surface area (TPSA) is 51.5 Å². The van der Waals surface area contributed by atoms with Gasteiger partial charge in [0.25, 0.3) is 0 Å². The predicted octanol–water partition coefficient (Wildman–Crippen LogP) is 2.67. The number of ether oxygens (including phenoxy) is 1. The summed E-state index contributed by atoms with van der Waals surface area (Å²) in [5, 5.41) is 7.97. The molecule has 0 fully saturated rings. The van der Waals surface area contributed by atoms with Gasteiger partial charge in [-0.05, 0) is 26.7 Å². The Morgan fingerprint density at radius 1 is 1.29 bits per heavy atom. The number of aryl methyl sites for hydroxylation is 2. The maximum Gasteiger partial charge on any atom is 0.155 e. The minimum absolute atomic E-state index is 0.231. The summed E-state index contributed by atoms with van der Waals surface area (Å²) < 4.78 is 7.50. The molecular weight excluding hydrogens is 264 g/mol. The third-order valence-corrected chi connectivity index (χ3v) is 3.50. The van der Waals surface area contributed by atoms with Gasteiger partial charge in [0.2, 0.25) is 0 Å². The summed E-state index contributed by atoms with van der Waals surface area (Å²) in [4.78, 5) is 4.48. The normalized spacial score (nSPS) is 13.2. The molecule has 2 heterocycles. The lowest BCUT2D eigenvalue weighted by Gasteiger charge is -2.17. The van der Waals surface area contributed by atoms with Crippen LogP contribution in [0.1, 0.15) is 43.8 Å². The van der Waals surface area contributed by atoms with Gasteiger partial charge < -0.3 is 10.1 Å². The molecule has 0 aliphatic heterocycles. The summed E-state index contributed by atoms with van der Waals surface area (Å²) in [7, 11) is 0. The Labute approximate surface area is 126 Å². The summed E-state index contributed by atoms with van der Waals surface area (Å²) >= 11 is 0. The maximum atomic E-state index is 5.59. The lowest BCUT2D eigenvalue weighted by Crippen LogP contribution is -2.25. The summed E-state index contributed by atoms with van der Waals surface area (Å²) in [5.41, 5.74) is 4.21. The van der Waals surface area contributed by atoms with Crippen molar-refractivity contribution in [3.8, 4) is 0 Å². The van der Waals surface area contributed by atoms with E-state index in [2.05, 4.69) is 43.1 Å². The van der Waals surface area contributed by atoms with Crippen molar-refractivity contribution in [1.82, 2.24) is 19.9 Å². The fourth-order valence-electron chi connectivity index (χ4n) is 2.38. The van der Waals surface area contributed by atoms with Crippen LogP contribution < -0.4 is 5.32 Å². The molecule has 21 heavy (non-hydrogen) atoms. The van der Waals surface area contributed by atoms with Crippen molar-refractivity contribution in [2.24, 2.45) is 5.92 Å². The third kappa shape index (κ3) is 4.02. The molecule has 2 rings (SSSR count). The first-order valence-corrected chi connectivity index (χ1v) is 7.62. The number of hydrogen-bond donors (Lipinski definition) is 1. The van der Waals surface area contributed by atoms with Crippen LogP contribution in [0.4, 0.5) is 0 Å². The molecule has 0 amide bonds. The molecule has 0 aliphatic rings. The lowest BCUT2D eigenvalue weighted by atomic mass is 10.1. The van der Waals surface area contributed by atoms with Crippen LogP contribution in [0.3, 0.4) is 0 Å². The van der Waals surface area contributed by atoms with E-state index in [1.54, 1.807) is 0 Å². The first-order chi connectivity index (χ1) is 9.99. The summed E-state index contributed by atoms with van der Waals surface area (Å²) in [6, 6.07) is 2.23. The van der Waals surface area contributed by atoms with E-state index in [1.807, 2.05) is 23.7 Å². The number of rotatable bonds is 7. The average molecular weight is 290 g/mol. The lowest BCUT2D eigenvalue weighted by molar-refractivity contribution is 0.110. The van der Waals surface area contributed by atoms with E-state index in [-0.39, 0.29) is 6.04 Å². The Hall–Kier alpha value is -1.46. The SMILES string of the molecule is Cc1cc2ncc(C(C)NCCOCC(C)C)c(C)n2n1. The van der Waals surface area contributed by atoms with Crippen molar-refractivity contribution >= 4 is 5.65 Å². The Morgan fingerprint density at radius 3 is 2.76 bits per heavy atom. The van der Waals surface area contributed by atoms with Crippen molar-refractivity contribution in [2.75, 3.05) is 19.8 Å². The van der Waals surface area contributed by atoms with Gasteiger partial charge in [-0.2, -0.15) is 5.10 Å². The molecule has 2 aromatic heterocycles. The van der Waals surface area contributed by atoms with Gasteiger partial charge in [0.15, 0.2) is 5.65 Å². The zero-order valence-corrected chi connectivity index (χ0v) is 13.7. The standard InChI is InChI=1S/C16H26N4O/c1-11(2)10-21-7-6-17-13(4)15-9-18-16-8-12(3)19-20(16)14(15)5/h8-9,11,13,17H,6-7,10H2,1-5H3. The fourth-order valence-corrected chi connectivity index (χ4v) is 2.38. The molecule has 116 valence electrons. The van der Waals surface area contributed by atoms with Crippen LogP contribution in [0.25, 0.3) is 5.65 Å². The number of nitrogens with zero attached hydrogens (tertiary/aromatic N) is 3. The second-order valence-corrected chi connectivity index (χ2v) is 6.00. The molecule has 5 nitrogen and oxygen atoms in total. The maximum absolute atomic E-state index is 5.59. The summed E-state index contributed by atoms with van der Waals surface area (Å²) in [6.07, 6.45) is 1.94. The van der Waals surface area contributed by atoms with Crippen LogP contribution in [0, 0.1) is 19.8 Å². The van der Waals surface area contributed by atoms with Gasteiger partial charge in [-0.3, -0.25) is 0 Å². The molecule has 0 saturated heterocycles. The highest BCUT2D eigenvalue weighted by atomic mass is 16.5. The Bertz CT molecular complexity index is 591. The first kappa shape index (κ1) is 15.9. The van der Waals surface area contributed by atoms with Crippen molar-refractivity contribution in [3.63, 3.8) is 0 Å². The van der Waals surface area contributed by atoms with Crippen LogP contribution in [0.15, 0.2) is 12.3 Å². The van der Waals surface area contributed by atoms with Gasteiger partial charge in [0.1, 0.15) is 0 Å². The average Bonchev–Trinajstić information content (AvgIpc) is 2.79. The first-order valence-electron chi connectivity index (χ1n) is 7.62. The molecule has 0 aromatic carbocycles. The Balaban J connectivity index is 1.96. The molecule has 0 bridgehead atoms. The van der Waals surface area contributed by atoms with E-state index >= 15 is 0 Å². The van der Waals surface area contributed by atoms with E-state index in [9.17, 15) is 0 Å². The monoisotopic (exact) mass is 290 g/mol. The third-order valence-electron chi connectivity index (χ3n) is 3.50. The van der Waals surface area contributed by atoms with E-state index in [0.29, 0.717) is 5.92 Å². The number of fused-ring (bicyclic) bond motifs is 1. The summed E-state index contributed by atoms with van der Waals surface area (Å²) in [6.45, 7) is 12.9. The highest BCUT2D eigenvalue weighted by Gasteiger charge is 2.12. The molecule has 0 spiro atoms.